The molecule has 0 aliphatic rings. The zero-order chi connectivity index (χ0) is 8.27. The Morgan fingerprint density at radius 3 is 2.91 bits per heavy atom. The van der Waals surface area contributed by atoms with Gasteiger partial charge in [-0.05, 0) is 23.7 Å². The van der Waals surface area contributed by atoms with Gasteiger partial charge in [-0.25, -0.2) is 4.39 Å². The summed E-state index contributed by atoms with van der Waals surface area (Å²) >= 11 is 3.12. The fourth-order valence-electron chi connectivity index (χ4n) is 0.611. The van der Waals surface area contributed by atoms with E-state index in [9.17, 15) is 4.39 Å². The summed E-state index contributed by atoms with van der Waals surface area (Å²) in [6.45, 7) is 0. The fraction of sp³-hybridized carbons (Fsp3) is 0. The molecule has 11 heavy (non-hydrogen) atoms. The van der Waals surface area contributed by atoms with Crippen molar-refractivity contribution in [1.29, 1.82) is 0 Å². The largest absolute Gasteiger partial charge is 0.207 e. The predicted octanol–water partition coefficient (Wildman–Crippen LogP) is 3.53. The highest BCUT2D eigenvalue weighted by Gasteiger charge is 1.98. The average molecular weight is 216 g/mol. The van der Waals surface area contributed by atoms with E-state index in [0.717, 1.165) is 0 Å². The van der Waals surface area contributed by atoms with E-state index in [-0.39, 0.29) is 5.69 Å². The molecule has 0 amide bonds. The molecule has 0 bridgehead atoms. The summed E-state index contributed by atoms with van der Waals surface area (Å²) in [6, 6.07) is 4.18. The highest BCUT2D eigenvalue weighted by Crippen LogP contribution is 2.22. The lowest BCUT2D eigenvalue weighted by Crippen LogP contribution is -1.73. The molecule has 0 atom stereocenters. The molecule has 0 aromatic heterocycles. The molecule has 0 heterocycles. The van der Waals surface area contributed by atoms with Crippen LogP contribution in [0.5, 0.6) is 0 Å². The van der Waals surface area contributed by atoms with Crippen molar-refractivity contribution in [3.8, 4) is 0 Å². The van der Waals surface area contributed by atoms with E-state index in [1.807, 2.05) is 0 Å². The van der Waals surface area contributed by atoms with E-state index < -0.39 is 5.82 Å². The van der Waals surface area contributed by atoms with Gasteiger partial charge in [0.1, 0.15) is 5.82 Å². The van der Waals surface area contributed by atoms with Crippen molar-refractivity contribution in [1.82, 2.24) is 0 Å². The monoisotopic (exact) mass is 215 g/mol. The Morgan fingerprint density at radius 1 is 1.55 bits per heavy atom. The van der Waals surface area contributed by atoms with Crippen molar-refractivity contribution in [3.63, 3.8) is 0 Å². The summed E-state index contributed by atoms with van der Waals surface area (Å²) in [7, 11) is 0. The average Bonchev–Trinajstić information content (AvgIpc) is 1.98. The van der Waals surface area contributed by atoms with Crippen LogP contribution in [0.25, 0.3) is 10.4 Å². The van der Waals surface area contributed by atoms with Crippen LogP contribution in [0.3, 0.4) is 0 Å². The number of rotatable bonds is 1. The molecule has 0 aliphatic heterocycles. The first-order valence-corrected chi connectivity index (χ1v) is 3.53. The van der Waals surface area contributed by atoms with E-state index in [1.54, 1.807) is 0 Å². The summed E-state index contributed by atoms with van der Waals surface area (Å²) in [5.74, 6) is -0.522. The van der Waals surface area contributed by atoms with Crippen molar-refractivity contribution in [2.75, 3.05) is 0 Å². The van der Waals surface area contributed by atoms with E-state index >= 15 is 0 Å². The van der Waals surface area contributed by atoms with Crippen LogP contribution in [0, 0.1) is 5.82 Å². The third-order valence-electron chi connectivity index (χ3n) is 1.06. The Morgan fingerprint density at radius 2 is 2.27 bits per heavy atom. The minimum absolute atomic E-state index is 0.00174. The van der Waals surface area contributed by atoms with Gasteiger partial charge in [0.05, 0.1) is 5.69 Å². The first-order chi connectivity index (χ1) is 5.24. The Balaban J connectivity index is 3.22. The van der Waals surface area contributed by atoms with Crippen LogP contribution >= 0.6 is 15.9 Å². The van der Waals surface area contributed by atoms with Gasteiger partial charge in [-0.2, -0.15) is 0 Å². The minimum Gasteiger partial charge on any atom is -0.207 e. The molecule has 0 aliphatic carbocycles. The zero-order valence-corrected chi connectivity index (χ0v) is 6.92. The summed E-state index contributed by atoms with van der Waals surface area (Å²) in [5, 5.41) is 3.14. The number of benzene rings is 1. The molecule has 56 valence electrons. The first kappa shape index (κ1) is 8.04. The summed E-state index contributed by atoms with van der Waals surface area (Å²) in [6.07, 6.45) is 0. The second-order valence-corrected chi connectivity index (χ2v) is 2.70. The molecule has 1 aromatic rings. The molecule has 0 radical (unpaired) electrons. The van der Waals surface area contributed by atoms with Crippen molar-refractivity contribution in [3.05, 3.63) is 38.9 Å². The van der Waals surface area contributed by atoms with Gasteiger partial charge in [0.15, 0.2) is 0 Å². The highest BCUT2D eigenvalue weighted by atomic mass is 79.9. The third kappa shape index (κ3) is 1.93. The molecular weight excluding hydrogens is 213 g/mol. The molecule has 0 spiro atoms. The molecule has 1 aromatic carbocycles. The van der Waals surface area contributed by atoms with E-state index in [2.05, 4.69) is 26.0 Å². The van der Waals surface area contributed by atoms with Gasteiger partial charge in [0.2, 0.25) is 0 Å². The second kappa shape index (κ2) is 3.37. The topological polar surface area (TPSA) is 48.8 Å². The van der Waals surface area contributed by atoms with Crippen LogP contribution < -0.4 is 0 Å². The molecule has 1 rings (SSSR count). The maximum atomic E-state index is 12.7. The molecule has 0 fully saturated rings. The van der Waals surface area contributed by atoms with E-state index in [1.165, 1.54) is 18.2 Å². The molecule has 0 saturated carbocycles. The van der Waals surface area contributed by atoms with Gasteiger partial charge in [0.25, 0.3) is 0 Å². The van der Waals surface area contributed by atoms with Gasteiger partial charge >= 0.3 is 0 Å². The second-order valence-electron chi connectivity index (χ2n) is 1.79. The minimum atomic E-state index is -0.522. The maximum Gasteiger partial charge on any atom is 0.132 e. The molecule has 5 heteroatoms. The van der Waals surface area contributed by atoms with Gasteiger partial charge in [-0.1, -0.05) is 21.0 Å². The van der Waals surface area contributed by atoms with Gasteiger partial charge < -0.3 is 0 Å². The van der Waals surface area contributed by atoms with Crippen LogP contribution in [0.15, 0.2) is 27.8 Å². The molecule has 0 N–H and O–H groups in total. The third-order valence-corrected chi connectivity index (χ3v) is 1.55. The lowest BCUT2D eigenvalue weighted by atomic mass is 10.3. The van der Waals surface area contributed by atoms with Crippen LogP contribution in [-0.2, 0) is 0 Å². The highest BCUT2D eigenvalue weighted by molar-refractivity contribution is 9.10. The quantitative estimate of drug-likeness (QED) is 0.391. The van der Waals surface area contributed by atoms with E-state index in [4.69, 9.17) is 5.53 Å². The number of halogens is 2. The van der Waals surface area contributed by atoms with Crippen molar-refractivity contribution in [2.45, 2.75) is 0 Å². The number of nitrogens with zero attached hydrogens (tertiary/aromatic N) is 3. The predicted molar refractivity (Wildman–Crippen MR) is 42.9 cm³/mol. The summed E-state index contributed by atoms with van der Waals surface area (Å²) < 4.78 is 13.4. The Bertz CT molecular complexity index is 320. The Kier molecular flexibility index (Phi) is 2.46. The van der Waals surface area contributed by atoms with E-state index in [0.29, 0.717) is 4.47 Å². The lowest BCUT2D eigenvalue weighted by molar-refractivity contribution is 0.629. The normalized spacial score (nSPS) is 8.91. The van der Waals surface area contributed by atoms with Gasteiger partial charge in [-0.3, -0.25) is 0 Å². The molecule has 0 saturated heterocycles. The van der Waals surface area contributed by atoms with Crippen LogP contribution in [-0.4, -0.2) is 0 Å². The smallest absolute Gasteiger partial charge is 0.132 e. The molecule has 3 nitrogen and oxygen atoms in total. The lowest BCUT2D eigenvalue weighted by Gasteiger charge is -1.93. The van der Waals surface area contributed by atoms with Crippen molar-refractivity contribution < 1.29 is 4.39 Å². The number of hydrogen-bond acceptors (Lipinski definition) is 1. The standard InChI is InChI=1S/C6H3BrFN3/c7-4-1-2-5(8)6(3-4)10-11-9/h1-3H. The SMILES string of the molecule is [N-]=[N+]=Nc1cc(Br)ccc1F. The summed E-state index contributed by atoms with van der Waals surface area (Å²) in [5.41, 5.74) is 8.01. The maximum absolute atomic E-state index is 12.7. The number of hydrogen-bond donors (Lipinski definition) is 0. The van der Waals surface area contributed by atoms with Gasteiger partial charge in [-0.15, -0.1) is 0 Å². The Labute approximate surface area is 70.6 Å². The number of azide groups is 1. The van der Waals surface area contributed by atoms with Gasteiger partial charge in [0, 0.05) is 9.38 Å². The fourth-order valence-corrected chi connectivity index (χ4v) is 0.960. The van der Waals surface area contributed by atoms with Crippen LogP contribution in [0.4, 0.5) is 10.1 Å². The Hall–Kier alpha value is -1.06. The van der Waals surface area contributed by atoms with Crippen molar-refractivity contribution in [2.24, 2.45) is 5.11 Å². The molecule has 0 unspecified atom stereocenters. The zero-order valence-electron chi connectivity index (χ0n) is 5.33. The van der Waals surface area contributed by atoms with Crippen LogP contribution in [0.2, 0.25) is 0 Å². The molecular formula is C6H3BrFN3. The van der Waals surface area contributed by atoms with Crippen LogP contribution in [0.1, 0.15) is 0 Å². The van der Waals surface area contributed by atoms with Crippen molar-refractivity contribution >= 4 is 21.6 Å². The first-order valence-electron chi connectivity index (χ1n) is 2.74. The summed E-state index contributed by atoms with van der Waals surface area (Å²) in [4.78, 5) is 2.47.